The van der Waals surface area contributed by atoms with Gasteiger partial charge in [-0.15, -0.1) is 0 Å². The molecule has 3 aliphatic heterocycles. The largest absolute Gasteiger partial charge is 0.292 e. The number of imide groups is 1. The number of nitrogens with zero attached hydrogens (tertiary/aromatic N) is 2. The number of rotatable bonds is 3. The summed E-state index contributed by atoms with van der Waals surface area (Å²) in [5.74, 6) is -3.32. The van der Waals surface area contributed by atoms with Crippen molar-refractivity contribution in [3.05, 3.63) is 65.7 Å². The van der Waals surface area contributed by atoms with Crippen molar-refractivity contribution in [1.29, 1.82) is 0 Å². The zero-order valence-corrected chi connectivity index (χ0v) is 15.4. The summed E-state index contributed by atoms with van der Waals surface area (Å²) >= 11 is 0. The summed E-state index contributed by atoms with van der Waals surface area (Å²) in [5.41, 5.74) is 0.636. The molecule has 0 N–H and O–H groups in total. The van der Waals surface area contributed by atoms with Gasteiger partial charge >= 0.3 is 0 Å². The van der Waals surface area contributed by atoms with Crippen molar-refractivity contribution in [2.45, 2.75) is 24.9 Å². The summed E-state index contributed by atoms with van der Waals surface area (Å²) < 4.78 is 26.6. The second-order valence-corrected chi connectivity index (χ2v) is 7.80. The molecule has 0 unspecified atom stereocenters. The Morgan fingerprint density at radius 3 is 2.10 bits per heavy atom. The van der Waals surface area contributed by atoms with Gasteiger partial charge in [-0.25, -0.2) is 13.7 Å². The first-order valence-corrected chi connectivity index (χ1v) is 9.66. The lowest BCUT2D eigenvalue weighted by Crippen LogP contribution is -2.46. The Balaban J connectivity index is 1.54. The molecule has 5 nitrogen and oxygen atoms in total. The third kappa shape index (κ3) is 2.64. The van der Waals surface area contributed by atoms with Crippen LogP contribution in [0.25, 0.3) is 0 Å². The Hall–Kier alpha value is -2.93. The van der Waals surface area contributed by atoms with E-state index in [9.17, 15) is 23.2 Å². The monoisotopic (exact) mass is 396 g/mol. The highest BCUT2D eigenvalue weighted by atomic mass is 19.1. The third-order valence-corrected chi connectivity index (χ3v) is 6.33. The first kappa shape index (κ1) is 18.1. The SMILES string of the molecule is O=C(c1ccc(F)cc1)[C@@H]1[C@@H]2C(=O)N(c3ccc(F)cc3)C(=O)[C@@H]2[C@H]2CCCN21. The van der Waals surface area contributed by atoms with Gasteiger partial charge in [-0.05, 0) is 67.9 Å². The first-order valence-electron chi connectivity index (χ1n) is 9.66. The van der Waals surface area contributed by atoms with Crippen LogP contribution >= 0.6 is 0 Å². The molecule has 2 amide bonds. The number of amides is 2. The molecule has 5 rings (SSSR count). The van der Waals surface area contributed by atoms with Crippen molar-refractivity contribution in [2.24, 2.45) is 11.8 Å². The number of halogens is 2. The molecule has 3 fully saturated rings. The fourth-order valence-electron chi connectivity index (χ4n) is 5.14. The second-order valence-electron chi connectivity index (χ2n) is 7.80. The van der Waals surface area contributed by atoms with Gasteiger partial charge in [-0.1, -0.05) is 0 Å². The van der Waals surface area contributed by atoms with Crippen LogP contribution in [0.15, 0.2) is 48.5 Å². The average Bonchev–Trinajstić information content (AvgIpc) is 3.35. The van der Waals surface area contributed by atoms with Crippen LogP contribution in [-0.4, -0.2) is 41.1 Å². The summed E-state index contributed by atoms with van der Waals surface area (Å²) in [6, 6.07) is 9.53. The van der Waals surface area contributed by atoms with Gasteiger partial charge in [0.05, 0.1) is 23.6 Å². The van der Waals surface area contributed by atoms with E-state index in [1.807, 2.05) is 4.90 Å². The average molecular weight is 396 g/mol. The summed E-state index contributed by atoms with van der Waals surface area (Å²) in [5, 5.41) is 0. The van der Waals surface area contributed by atoms with E-state index >= 15 is 0 Å². The highest BCUT2D eigenvalue weighted by molar-refractivity contribution is 6.24. The van der Waals surface area contributed by atoms with Crippen LogP contribution in [0, 0.1) is 23.5 Å². The van der Waals surface area contributed by atoms with Gasteiger partial charge in [0.2, 0.25) is 11.8 Å². The molecule has 2 aromatic carbocycles. The van der Waals surface area contributed by atoms with E-state index < -0.39 is 35.4 Å². The van der Waals surface area contributed by atoms with Crippen LogP contribution in [-0.2, 0) is 9.59 Å². The van der Waals surface area contributed by atoms with E-state index in [0.717, 1.165) is 17.7 Å². The molecule has 0 saturated carbocycles. The molecule has 3 heterocycles. The zero-order chi connectivity index (χ0) is 20.3. The number of carbonyl (C=O) groups excluding carboxylic acids is 3. The minimum Gasteiger partial charge on any atom is -0.292 e. The molecule has 3 saturated heterocycles. The highest BCUT2D eigenvalue weighted by Crippen LogP contribution is 2.48. The Labute approximate surface area is 165 Å². The fourth-order valence-corrected chi connectivity index (χ4v) is 5.14. The van der Waals surface area contributed by atoms with E-state index in [0.29, 0.717) is 17.8 Å². The lowest BCUT2D eigenvalue weighted by molar-refractivity contribution is -0.123. The molecule has 4 atom stereocenters. The Kier molecular flexibility index (Phi) is 4.10. The smallest absolute Gasteiger partial charge is 0.239 e. The van der Waals surface area contributed by atoms with Crippen LogP contribution in [0.4, 0.5) is 14.5 Å². The van der Waals surface area contributed by atoms with Gasteiger partial charge in [0.15, 0.2) is 5.78 Å². The van der Waals surface area contributed by atoms with Gasteiger partial charge in [0.25, 0.3) is 0 Å². The van der Waals surface area contributed by atoms with E-state index in [1.165, 1.54) is 48.5 Å². The molecule has 148 valence electrons. The van der Waals surface area contributed by atoms with Crippen molar-refractivity contribution in [1.82, 2.24) is 4.90 Å². The molecule has 0 radical (unpaired) electrons. The van der Waals surface area contributed by atoms with E-state index in [4.69, 9.17) is 0 Å². The second kappa shape index (κ2) is 6.56. The summed E-state index contributed by atoms with van der Waals surface area (Å²) in [7, 11) is 0. The van der Waals surface area contributed by atoms with Gasteiger partial charge in [0.1, 0.15) is 11.6 Å². The number of fused-ring (bicyclic) bond motifs is 3. The molecule has 3 aliphatic rings. The van der Waals surface area contributed by atoms with Crippen LogP contribution in [0.1, 0.15) is 23.2 Å². The predicted molar refractivity (Wildman–Crippen MR) is 100 cm³/mol. The zero-order valence-electron chi connectivity index (χ0n) is 15.4. The number of Topliss-reactive ketones (excluding diaryl/α,β-unsaturated/α-hetero) is 1. The number of hydrogen-bond donors (Lipinski definition) is 0. The Morgan fingerprint density at radius 1 is 0.862 bits per heavy atom. The van der Waals surface area contributed by atoms with Crippen LogP contribution < -0.4 is 4.90 Å². The lowest BCUT2D eigenvalue weighted by Gasteiger charge is -2.27. The number of benzene rings is 2. The normalized spacial score (nSPS) is 28.7. The molecular weight excluding hydrogens is 378 g/mol. The van der Waals surface area contributed by atoms with E-state index in [2.05, 4.69) is 0 Å². The molecule has 0 aliphatic carbocycles. The van der Waals surface area contributed by atoms with Crippen LogP contribution in [0.5, 0.6) is 0 Å². The maximum Gasteiger partial charge on any atom is 0.239 e. The molecule has 0 spiro atoms. The molecular formula is C22H18F2N2O3. The minimum absolute atomic E-state index is 0.170. The maximum atomic E-state index is 13.3. The lowest BCUT2D eigenvalue weighted by atomic mass is 9.85. The Morgan fingerprint density at radius 2 is 1.45 bits per heavy atom. The van der Waals surface area contributed by atoms with E-state index in [1.54, 1.807) is 0 Å². The van der Waals surface area contributed by atoms with Crippen molar-refractivity contribution in [3.8, 4) is 0 Å². The fraction of sp³-hybridized carbons (Fsp3) is 0.318. The standard InChI is InChI=1S/C22H18F2N2O3/c23-13-5-3-12(4-6-13)20(27)19-18-17(16-2-1-11-25(16)19)21(28)26(22(18)29)15-9-7-14(24)8-10-15/h3-10,16-19H,1-2,11H2/t16-,17-,18-,19+/m1/s1. The van der Waals surface area contributed by atoms with Crippen molar-refractivity contribution < 1.29 is 23.2 Å². The highest BCUT2D eigenvalue weighted by Gasteiger charge is 2.64. The van der Waals surface area contributed by atoms with Crippen LogP contribution in [0.2, 0.25) is 0 Å². The minimum atomic E-state index is -0.782. The van der Waals surface area contributed by atoms with Crippen molar-refractivity contribution in [2.75, 3.05) is 11.4 Å². The van der Waals surface area contributed by atoms with Gasteiger partial charge < -0.3 is 0 Å². The third-order valence-electron chi connectivity index (χ3n) is 6.33. The van der Waals surface area contributed by atoms with Gasteiger partial charge in [0, 0.05) is 11.6 Å². The summed E-state index contributed by atoms with van der Waals surface area (Å²) in [4.78, 5) is 42.8. The quantitative estimate of drug-likeness (QED) is 0.591. The van der Waals surface area contributed by atoms with Crippen molar-refractivity contribution >= 4 is 23.3 Å². The Bertz CT molecular complexity index is 1010. The summed E-state index contributed by atoms with van der Waals surface area (Å²) in [6.07, 6.45) is 1.59. The molecule has 2 aromatic rings. The first-order chi connectivity index (χ1) is 14.0. The predicted octanol–water partition coefficient (Wildman–Crippen LogP) is 2.80. The molecule has 29 heavy (non-hydrogen) atoms. The van der Waals surface area contributed by atoms with Gasteiger partial charge in [-0.2, -0.15) is 0 Å². The molecule has 0 bridgehead atoms. The van der Waals surface area contributed by atoms with E-state index in [-0.39, 0.29) is 17.7 Å². The number of ketones is 1. The molecule has 7 heteroatoms. The maximum absolute atomic E-state index is 13.3. The molecule has 0 aromatic heterocycles. The van der Waals surface area contributed by atoms with Gasteiger partial charge in [-0.3, -0.25) is 19.3 Å². The van der Waals surface area contributed by atoms with Crippen LogP contribution in [0.3, 0.4) is 0 Å². The van der Waals surface area contributed by atoms with Crippen molar-refractivity contribution in [3.63, 3.8) is 0 Å². The summed E-state index contributed by atoms with van der Waals surface area (Å²) in [6.45, 7) is 0.645. The number of anilines is 1. The number of hydrogen-bond acceptors (Lipinski definition) is 4. The topological polar surface area (TPSA) is 57.7 Å². The number of carbonyl (C=O) groups is 3.